The number of benzene rings is 1. The summed E-state index contributed by atoms with van der Waals surface area (Å²) in [6, 6.07) is 7.76. The van der Waals surface area contributed by atoms with Crippen LogP contribution in [-0.4, -0.2) is 61.4 Å². The fourth-order valence-electron chi connectivity index (χ4n) is 3.63. The summed E-state index contributed by atoms with van der Waals surface area (Å²) in [4.78, 5) is 24.6. The second kappa shape index (κ2) is 8.05. The van der Waals surface area contributed by atoms with Gasteiger partial charge in [0.2, 0.25) is 0 Å². The maximum absolute atomic E-state index is 12.1. The first-order chi connectivity index (χ1) is 12.5. The van der Waals surface area contributed by atoms with Crippen molar-refractivity contribution in [2.75, 3.05) is 33.3 Å². The molecule has 0 saturated carbocycles. The number of likely N-dealkylation sites (N-methyl/N-ethyl adjacent to an activating group) is 1. The van der Waals surface area contributed by atoms with Crippen molar-refractivity contribution in [2.45, 2.75) is 37.3 Å². The summed E-state index contributed by atoms with van der Waals surface area (Å²) >= 11 is 0. The number of hydrogen-bond acceptors (Lipinski definition) is 4. The molecule has 2 fully saturated rings. The van der Waals surface area contributed by atoms with Crippen LogP contribution in [0.1, 0.15) is 30.4 Å². The summed E-state index contributed by atoms with van der Waals surface area (Å²) in [5.74, 6) is -0.800. The van der Waals surface area contributed by atoms with Crippen LogP contribution >= 0.6 is 0 Å². The summed E-state index contributed by atoms with van der Waals surface area (Å²) in [5, 5.41) is 15.1. The van der Waals surface area contributed by atoms with Crippen LogP contribution in [-0.2, 0) is 21.5 Å². The average molecular weight is 361 g/mol. The highest BCUT2D eigenvalue weighted by molar-refractivity contribution is 5.78. The Kier molecular flexibility index (Phi) is 5.78. The van der Waals surface area contributed by atoms with E-state index in [0.29, 0.717) is 19.6 Å². The Morgan fingerprint density at radius 1 is 1.31 bits per heavy atom. The molecule has 0 aliphatic carbocycles. The second-order valence-corrected chi connectivity index (χ2v) is 7.10. The zero-order valence-electron chi connectivity index (χ0n) is 15.2. The fourth-order valence-corrected chi connectivity index (χ4v) is 3.63. The van der Waals surface area contributed by atoms with E-state index in [2.05, 4.69) is 10.6 Å². The van der Waals surface area contributed by atoms with Gasteiger partial charge in [-0.05, 0) is 43.5 Å². The van der Waals surface area contributed by atoms with Crippen molar-refractivity contribution in [2.24, 2.45) is 0 Å². The van der Waals surface area contributed by atoms with E-state index in [-0.39, 0.29) is 18.6 Å². The molecule has 0 bridgehead atoms. The normalized spacial score (nSPS) is 23.9. The van der Waals surface area contributed by atoms with Gasteiger partial charge in [0.25, 0.3) is 0 Å². The minimum atomic E-state index is -0.800. The van der Waals surface area contributed by atoms with E-state index < -0.39 is 11.5 Å². The standard InChI is InChI=1S/C19H27N3O4/c1-22-18(25)21-12-19(22,13-26-16-8-10-20-11-9-16)15-5-2-14(3-6-15)4-7-17(23)24/h2-3,5-6,16,20H,4,7-13H2,1H3,(H,21,25)(H,23,24). The molecule has 1 unspecified atom stereocenters. The zero-order valence-corrected chi connectivity index (χ0v) is 15.2. The Morgan fingerprint density at radius 2 is 2.00 bits per heavy atom. The van der Waals surface area contributed by atoms with E-state index in [1.54, 1.807) is 11.9 Å². The summed E-state index contributed by atoms with van der Waals surface area (Å²) in [5.41, 5.74) is 1.45. The maximum Gasteiger partial charge on any atom is 0.318 e. The Bertz CT molecular complexity index is 643. The topological polar surface area (TPSA) is 90.9 Å². The van der Waals surface area contributed by atoms with Gasteiger partial charge in [-0.2, -0.15) is 0 Å². The summed E-state index contributed by atoms with van der Waals surface area (Å²) in [6.07, 6.45) is 2.79. The molecule has 2 heterocycles. The molecule has 0 aromatic heterocycles. The number of urea groups is 1. The zero-order chi connectivity index (χ0) is 18.6. The predicted molar refractivity (Wildman–Crippen MR) is 97.1 cm³/mol. The number of carbonyl (C=O) groups is 2. The number of nitrogens with zero attached hydrogens (tertiary/aromatic N) is 1. The van der Waals surface area contributed by atoms with Gasteiger partial charge >= 0.3 is 12.0 Å². The van der Waals surface area contributed by atoms with Crippen LogP contribution in [0.15, 0.2) is 24.3 Å². The molecule has 7 heteroatoms. The molecule has 0 spiro atoms. The molecule has 2 aliphatic rings. The summed E-state index contributed by atoms with van der Waals surface area (Å²) < 4.78 is 6.20. The quantitative estimate of drug-likeness (QED) is 0.681. The number of ether oxygens (including phenoxy) is 1. The number of nitrogens with one attached hydrogen (secondary N) is 2. The van der Waals surface area contributed by atoms with Gasteiger partial charge in [-0.3, -0.25) is 4.79 Å². The lowest BCUT2D eigenvalue weighted by Crippen LogP contribution is -2.47. The number of carbonyl (C=O) groups excluding carboxylic acids is 1. The number of piperidine rings is 1. The number of carboxylic acids is 1. The first-order valence-corrected chi connectivity index (χ1v) is 9.16. The lowest BCUT2D eigenvalue weighted by molar-refractivity contribution is -0.136. The maximum atomic E-state index is 12.1. The van der Waals surface area contributed by atoms with Crippen molar-refractivity contribution in [1.29, 1.82) is 0 Å². The SMILES string of the molecule is CN1C(=O)NCC1(COC1CCNCC1)c1ccc(CCC(=O)O)cc1. The van der Waals surface area contributed by atoms with Crippen molar-refractivity contribution in [3.05, 3.63) is 35.4 Å². The van der Waals surface area contributed by atoms with Crippen LogP contribution in [0, 0.1) is 0 Å². The van der Waals surface area contributed by atoms with Gasteiger partial charge in [-0.1, -0.05) is 24.3 Å². The molecule has 1 atom stereocenters. The summed E-state index contributed by atoms with van der Waals surface area (Å²) in [6.45, 7) is 2.87. The minimum Gasteiger partial charge on any atom is -0.481 e. The van der Waals surface area contributed by atoms with Gasteiger partial charge < -0.3 is 25.4 Å². The molecule has 1 aromatic rings. The van der Waals surface area contributed by atoms with Crippen LogP contribution in [0.5, 0.6) is 0 Å². The number of carboxylic acid groups (broad SMARTS) is 1. The molecule has 0 radical (unpaired) electrons. The van der Waals surface area contributed by atoms with E-state index in [9.17, 15) is 9.59 Å². The van der Waals surface area contributed by atoms with Gasteiger partial charge in [0, 0.05) is 20.0 Å². The minimum absolute atomic E-state index is 0.103. The molecule has 26 heavy (non-hydrogen) atoms. The smallest absolute Gasteiger partial charge is 0.318 e. The fraction of sp³-hybridized carbons (Fsp3) is 0.579. The third-order valence-electron chi connectivity index (χ3n) is 5.44. The molecular formula is C19H27N3O4. The average Bonchev–Trinajstić information content (AvgIpc) is 2.95. The van der Waals surface area contributed by atoms with E-state index in [0.717, 1.165) is 37.1 Å². The molecular weight excluding hydrogens is 334 g/mol. The number of hydrogen-bond donors (Lipinski definition) is 3. The summed E-state index contributed by atoms with van der Waals surface area (Å²) in [7, 11) is 1.80. The van der Waals surface area contributed by atoms with E-state index in [4.69, 9.17) is 9.84 Å². The van der Waals surface area contributed by atoms with Crippen LogP contribution < -0.4 is 10.6 Å². The van der Waals surface area contributed by atoms with Crippen molar-refractivity contribution in [3.63, 3.8) is 0 Å². The largest absolute Gasteiger partial charge is 0.481 e. The number of rotatable bonds is 7. The second-order valence-electron chi connectivity index (χ2n) is 7.10. The first-order valence-electron chi connectivity index (χ1n) is 9.16. The van der Waals surface area contributed by atoms with Crippen LogP contribution in [0.25, 0.3) is 0 Å². The van der Waals surface area contributed by atoms with Crippen molar-refractivity contribution < 1.29 is 19.4 Å². The van der Waals surface area contributed by atoms with Crippen LogP contribution in [0.2, 0.25) is 0 Å². The molecule has 7 nitrogen and oxygen atoms in total. The molecule has 1 aromatic carbocycles. The van der Waals surface area contributed by atoms with Crippen molar-refractivity contribution in [1.82, 2.24) is 15.5 Å². The Hall–Kier alpha value is -2.12. The molecule has 3 N–H and O–H groups in total. The van der Waals surface area contributed by atoms with E-state index >= 15 is 0 Å². The van der Waals surface area contributed by atoms with Gasteiger partial charge in [0.1, 0.15) is 5.54 Å². The van der Waals surface area contributed by atoms with Crippen LogP contribution in [0.3, 0.4) is 0 Å². The molecule has 142 valence electrons. The van der Waals surface area contributed by atoms with Crippen LogP contribution in [0.4, 0.5) is 4.79 Å². The Balaban J connectivity index is 1.75. The highest BCUT2D eigenvalue weighted by Gasteiger charge is 2.45. The monoisotopic (exact) mass is 361 g/mol. The number of amides is 2. The lowest BCUT2D eigenvalue weighted by Gasteiger charge is -2.37. The number of aryl methyl sites for hydroxylation is 1. The highest BCUT2D eigenvalue weighted by Crippen LogP contribution is 2.32. The van der Waals surface area contributed by atoms with Gasteiger partial charge in [-0.25, -0.2) is 4.79 Å². The highest BCUT2D eigenvalue weighted by atomic mass is 16.5. The third kappa shape index (κ3) is 3.99. The van der Waals surface area contributed by atoms with E-state index in [1.807, 2.05) is 24.3 Å². The molecule has 2 aliphatic heterocycles. The Morgan fingerprint density at radius 3 is 2.58 bits per heavy atom. The van der Waals surface area contributed by atoms with Gasteiger partial charge in [0.15, 0.2) is 0 Å². The lowest BCUT2D eigenvalue weighted by atomic mass is 9.89. The van der Waals surface area contributed by atoms with Crippen molar-refractivity contribution >= 4 is 12.0 Å². The molecule has 2 saturated heterocycles. The molecule has 2 amide bonds. The van der Waals surface area contributed by atoms with Gasteiger partial charge in [-0.15, -0.1) is 0 Å². The molecule has 3 rings (SSSR count). The third-order valence-corrected chi connectivity index (χ3v) is 5.44. The Labute approximate surface area is 153 Å². The van der Waals surface area contributed by atoms with Gasteiger partial charge in [0.05, 0.1) is 12.7 Å². The number of aliphatic carboxylic acids is 1. The van der Waals surface area contributed by atoms with E-state index in [1.165, 1.54) is 0 Å². The first kappa shape index (κ1) is 18.7. The predicted octanol–water partition coefficient (Wildman–Crippen LogP) is 1.32. The van der Waals surface area contributed by atoms with Crippen molar-refractivity contribution in [3.8, 4) is 0 Å².